The molecule has 12 heavy (non-hydrogen) atoms. The van der Waals surface area contributed by atoms with E-state index in [2.05, 4.69) is 36.8 Å². The van der Waals surface area contributed by atoms with Gasteiger partial charge in [-0.1, -0.05) is 0 Å². The summed E-state index contributed by atoms with van der Waals surface area (Å²) in [6, 6.07) is 4.28. The first-order chi connectivity index (χ1) is 5.65. The first-order valence-electron chi connectivity index (χ1n) is 3.75. The number of aryl methyl sites for hydroxylation is 3. The van der Waals surface area contributed by atoms with Crippen LogP contribution in [0.4, 0.5) is 5.69 Å². The monoisotopic (exact) mass is 243 g/mol. The van der Waals surface area contributed by atoms with Gasteiger partial charge in [0.1, 0.15) is 0 Å². The molecule has 1 aromatic rings. The third kappa shape index (κ3) is 2.18. The molecular formula is C9H11AsClN. The Morgan fingerprint density at radius 3 is 2.08 bits per heavy atom. The molecule has 0 N–H and O–H groups in total. The molecule has 0 amide bonds. The normalized spacial score (nSPS) is 11.0. The van der Waals surface area contributed by atoms with E-state index in [1.165, 1.54) is 16.7 Å². The zero-order chi connectivity index (χ0) is 9.14. The Balaban J connectivity index is 3.28. The van der Waals surface area contributed by atoms with Crippen molar-refractivity contribution in [3.05, 3.63) is 28.8 Å². The summed E-state index contributed by atoms with van der Waals surface area (Å²) >= 11 is -0.391. The maximum absolute atomic E-state index is 5.65. The van der Waals surface area contributed by atoms with Gasteiger partial charge in [0.15, 0.2) is 0 Å². The van der Waals surface area contributed by atoms with Gasteiger partial charge < -0.3 is 0 Å². The SMILES string of the molecule is Cc1cc(C)c(N=[As]Cl)c(C)c1. The average Bonchev–Trinajstić information content (AvgIpc) is 1.96. The van der Waals surface area contributed by atoms with Gasteiger partial charge in [0.05, 0.1) is 0 Å². The van der Waals surface area contributed by atoms with Gasteiger partial charge in [-0.15, -0.1) is 0 Å². The topological polar surface area (TPSA) is 12.4 Å². The van der Waals surface area contributed by atoms with E-state index < -0.39 is 14.6 Å². The molecule has 0 radical (unpaired) electrons. The van der Waals surface area contributed by atoms with E-state index >= 15 is 0 Å². The van der Waals surface area contributed by atoms with Crippen molar-refractivity contribution in [3.8, 4) is 0 Å². The summed E-state index contributed by atoms with van der Waals surface area (Å²) < 4.78 is 4.31. The fourth-order valence-electron chi connectivity index (χ4n) is 1.37. The average molecular weight is 244 g/mol. The van der Waals surface area contributed by atoms with Crippen molar-refractivity contribution in [1.82, 2.24) is 0 Å². The van der Waals surface area contributed by atoms with Gasteiger partial charge in [-0.25, -0.2) is 0 Å². The van der Waals surface area contributed by atoms with Crippen molar-refractivity contribution in [2.24, 2.45) is 3.86 Å². The molecule has 0 bridgehead atoms. The Morgan fingerprint density at radius 2 is 1.67 bits per heavy atom. The van der Waals surface area contributed by atoms with Gasteiger partial charge in [0.25, 0.3) is 0 Å². The standard InChI is InChI=1S/C9H11AsClN/c1-6-4-7(2)9(12-10-11)8(3)5-6/h4-5H,1-3H3. The molecule has 0 saturated heterocycles. The molecular weight excluding hydrogens is 232 g/mol. The van der Waals surface area contributed by atoms with Gasteiger partial charge in [-0.2, -0.15) is 0 Å². The van der Waals surface area contributed by atoms with E-state index in [-0.39, 0.29) is 0 Å². The number of rotatable bonds is 1. The van der Waals surface area contributed by atoms with Crippen molar-refractivity contribution in [3.63, 3.8) is 0 Å². The number of nitrogens with zero attached hydrogens (tertiary/aromatic N) is 1. The maximum atomic E-state index is 5.65. The van der Waals surface area contributed by atoms with E-state index in [1.54, 1.807) is 0 Å². The second-order valence-electron chi connectivity index (χ2n) is 2.92. The van der Waals surface area contributed by atoms with Crippen molar-refractivity contribution < 1.29 is 0 Å². The second kappa shape index (κ2) is 4.20. The zero-order valence-corrected chi connectivity index (χ0v) is 10.1. The van der Waals surface area contributed by atoms with Gasteiger partial charge in [-0.3, -0.25) is 0 Å². The third-order valence-electron chi connectivity index (χ3n) is 1.77. The first-order valence-corrected chi connectivity index (χ1v) is 7.05. The van der Waals surface area contributed by atoms with Crippen LogP contribution >= 0.6 is 9.95 Å². The first kappa shape index (κ1) is 9.95. The van der Waals surface area contributed by atoms with E-state index in [0.717, 1.165) is 5.69 Å². The number of hydrogen-bond acceptors (Lipinski definition) is 1. The summed E-state index contributed by atoms with van der Waals surface area (Å²) in [5, 5.41) is 0. The molecule has 3 heteroatoms. The van der Waals surface area contributed by atoms with Crippen LogP contribution in [0.15, 0.2) is 16.0 Å². The molecule has 0 aliphatic rings. The van der Waals surface area contributed by atoms with Crippen LogP contribution in [0.25, 0.3) is 0 Å². The van der Waals surface area contributed by atoms with Gasteiger partial charge in [0, 0.05) is 0 Å². The predicted octanol–water partition coefficient (Wildman–Crippen LogP) is 3.28. The Kier molecular flexibility index (Phi) is 3.49. The minimum atomic E-state index is -0.391. The van der Waals surface area contributed by atoms with Crippen LogP contribution in [-0.4, -0.2) is 14.6 Å². The summed E-state index contributed by atoms with van der Waals surface area (Å²) in [4.78, 5) is 0. The van der Waals surface area contributed by atoms with E-state index in [4.69, 9.17) is 9.95 Å². The van der Waals surface area contributed by atoms with Crippen molar-refractivity contribution in [1.29, 1.82) is 0 Å². The van der Waals surface area contributed by atoms with E-state index in [0.29, 0.717) is 0 Å². The Labute approximate surface area is 83.8 Å². The minimum absolute atomic E-state index is 0.391. The molecule has 64 valence electrons. The molecule has 0 fully saturated rings. The summed E-state index contributed by atoms with van der Waals surface area (Å²) in [5.41, 5.74) is 4.82. The van der Waals surface area contributed by atoms with Crippen molar-refractivity contribution in [2.45, 2.75) is 20.8 Å². The van der Waals surface area contributed by atoms with Gasteiger partial charge in [0.2, 0.25) is 0 Å². The zero-order valence-electron chi connectivity index (χ0n) is 7.43. The molecule has 0 unspecified atom stereocenters. The molecule has 0 spiro atoms. The number of halogens is 1. The number of benzene rings is 1. The van der Waals surface area contributed by atoms with E-state index in [1.807, 2.05) is 0 Å². The van der Waals surface area contributed by atoms with Crippen molar-refractivity contribution in [2.75, 3.05) is 0 Å². The summed E-state index contributed by atoms with van der Waals surface area (Å²) in [6.45, 7) is 6.25. The molecule has 0 heterocycles. The van der Waals surface area contributed by atoms with Gasteiger partial charge >= 0.3 is 83.7 Å². The molecule has 0 atom stereocenters. The van der Waals surface area contributed by atoms with Crippen LogP contribution in [0, 0.1) is 20.8 Å². The van der Waals surface area contributed by atoms with Crippen LogP contribution in [-0.2, 0) is 0 Å². The van der Waals surface area contributed by atoms with E-state index in [9.17, 15) is 0 Å². The number of hydrogen-bond donors (Lipinski definition) is 0. The van der Waals surface area contributed by atoms with Crippen LogP contribution in [0.3, 0.4) is 0 Å². The molecule has 0 aliphatic heterocycles. The Morgan fingerprint density at radius 1 is 1.17 bits per heavy atom. The molecule has 1 aromatic carbocycles. The molecule has 0 aromatic heterocycles. The molecule has 0 saturated carbocycles. The molecule has 0 aliphatic carbocycles. The fraction of sp³-hybridized carbons (Fsp3) is 0.333. The molecule has 1 nitrogen and oxygen atoms in total. The predicted molar refractivity (Wildman–Crippen MR) is 54.3 cm³/mol. The van der Waals surface area contributed by atoms with Gasteiger partial charge in [-0.05, 0) is 0 Å². The van der Waals surface area contributed by atoms with Crippen LogP contribution in [0.5, 0.6) is 0 Å². The fourth-order valence-corrected chi connectivity index (χ4v) is 2.58. The Bertz CT molecular complexity index is 297. The van der Waals surface area contributed by atoms with Crippen LogP contribution in [0.1, 0.15) is 16.7 Å². The van der Waals surface area contributed by atoms with Crippen molar-refractivity contribution >= 4 is 30.3 Å². The van der Waals surface area contributed by atoms with Crippen LogP contribution < -0.4 is 0 Å². The summed E-state index contributed by atoms with van der Waals surface area (Å²) in [5.74, 6) is 0. The summed E-state index contributed by atoms with van der Waals surface area (Å²) in [6.07, 6.45) is 0. The summed E-state index contributed by atoms with van der Waals surface area (Å²) in [7, 11) is 5.65. The quantitative estimate of drug-likeness (QED) is 0.671. The third-order valence-corrected chi connectivity index (χ3v) is 2.74. The molecule has 1 rings (SSSR count). The Hall–Kier alpha value is -0.132. The van der Waals surface area contributed by atoms with Crippen LogP contribution in [0.2, 0.25) is 0 Å². The second-order valence-corrected chi connectivity index (χ2v) is 4.45.